The van der Waals surface area contributed by atoms with Gasteiger partial charge >= 0.3 is 6.18 Å². The maximum atomic E-state index is 13.6. The average molecular weight is 705 g/mol. The standard InChI is InChI=1S/C36H37F3.Hf/c1-21(2)31-29-20-23(34(3,4)5)15-16-26(29)28-17-18-30(35(6,7)8)32(33(28)31)27-14-10-13-25(27)22-11-9-12-24(19-22)36(37,38)39;/h9-13,15-20H,14H2,1-8H3;. The largest absolute Gasteiger partial charge is 0.416 e. The Bertz CT molecular complexity index is 1580. The first kappa shape index (κ1) is 30.5. The van der Waals surface area contributed by atoms with E-state index in [9.17, 15) is 13.2 Å². The Labute approximate surface area is 255 Å². The molecule has 0 radical (unpaired) electrons. The van der Waals surface area contributed by atoms with Crippen LogP contribution in [-0.2, 0) is 42.8 Å². The second kappa shape index (κ2) is 10.4. The quantitative estimate of drug-likeness (QED) is 0.182. The van der Waals surface area contributed by atoms with E-state index in [1.807, 2.05) is 6.08 Å². The molecule has 0 amide bonds. The molecule has 0 heterocycles. The Morgan fingerprint density at radius 1 is 0.700 bits per heavy atom. The molecule has 3 aromatic carbocycles. The molecule has 0 fully saturated rings. The van der Waals surface area contributed by atoms with Gasteiger partial charge in [-0.15, -0.1) is 0 Å². The van der Waals surface area contributed by atoms with Crippen LogP contribution in [0.2, 0.25) is 0 Å². The van der Waals surface area contributed by atoms with Gasteiger partial charge in [0.05, 0.1) is 5.56 Å². The van der Waals surface area contributed by atoms with Crippen LogP contribution in [0.15, 0.2) is 72.3 Å². The number of fused-ring (bicyclic) bond motifs is 3. The summed E-state index contributed by atoms with van der Waals surface area (Å²) in [5.74, 6) is 0. The molecule has 0 aromatic heterocycles. The van der Waals surface area contributed by atoms with Crippen molar-refractivity contribution in [2.24, 2.45) is 0 Å². The van der Waals surface area contributed by atoms with Gasteiger partial charge in [-0.05, 0) is 111 Å². The van der Waals surface area contributed by atoms with Crippen molar-refractivity contribution in [3.05, 3.63) is 111 Å². The molecule has 40 heavy (non-hydrogen) atoms. The van der Waals surface area contributed by atoms with Crippen molar-refractivity contribution in [2.75, 3.05) is 0 Å². The molecule has 2 aliphatic carbocycles. The number of hydrogen-bond acceptors (Lipinski definition) is 0. The van der Waals surface area contributed by atoms with Crippen molar-refractivity contribution in [1.29, 1.82) is 0 Å². The van der Waals surface area contributed by atoms with Crippen LogP contribution in [0.3, 0.4) is 0 Å². The number of benzene rings is 3. The van der Waals surface area contributed by atoms with Gasteiger partial charge in [0.2, 0.25) is 0 Å². The van der Waals surface area contributed by atoms with Gasteiger partial charge in [0.1, 0.15) is 0 Å². The van der Waals surface area contributed by atoms with Gasteiger partial charge in [0.25, 0.3) is 0 Å². The van der Waals surface area contributed by atoms with E-state index in [0.29, 0.717) is 12.0 Å². The molecule has 0 saturated carbocycles. The summed E-state index contributed by atoms with van der Waals surface area (Å²) in [6.07, 6.45) is 0.382. The zero-order valence-electron chi connectivity index (χ0n) is 24.7. The Hall–Kier alpha value is -2.46. The summed E-state index contributed by atoms with van der Waals surface area (Å²) < 4.78 is 40.9. The molecule has 5 rings (SSSR count). The van der Waals surface area contributed by atoms with Gasteiger partial charge in [0.15, 0.2) is 0 Å². The number of alkyl halides is 3. The number of halogens is 3. The van der Waals surface area contributed by atoms with E-state index in [1.54, 1.807) is 6.07 Å². The predicted octanol–water partition coefficient (Wildman–Crippen LogP) is 11.0. The Morgan fingerprint density at radius 3 is 1.98 bits per heavy atom. The topological polar surface area (TPSA) is 0 Å². The SMILES string of the molecule is CC(C)=C1c2cc(C(C)(C)C)ccc2-c2ccc(C(C)(C)C)c(C3=C(c4cccc(C(F)(F)F)c4)C=CC3)c21.[Hf]. The van der Waals surface area contributed by atoms with Gasteiger partial charge in [-0.1, -0.05) is 95.7 Å². The summed E-state index contributed by atoms with van der Waals surface area (Å²) in [6, 6.07) is 17.1. The van der Waals surface area contributed by atoms with Gasteiger partial charge in [-0.2, -0.15) is 13.2 Å². The third-order valence-electron chi connectivity index (χ3n) is 7.94. The molecule has 0 spiro atoms. The van der Waals surface area contributed by atoms with Crippen molar-refractivity contribution in [1.82, 2.24) is 0 Å². The molecular weight excluding hydrogens is 668 g/mol. The molecule has 0 atom stereocenters. The Balaban J connectivity index is 0.00000370. The van der Waals surface area contributed by atoms with Crippen LogP contribution in [0.1, 0.15) is 101 Å². The van der Waals surface area contributed by atoms with Crippen LogP contribution in [0.25, 0.3) is 27.8 Å². The first-order valence-corrected chi connectivity index (χ1v) is 13.7. The van der Waals surface area contributed by atoms with E-state index in [4.69, 9.17) is 0 Å². The summed E-state index contributed by atoms with van der Waals surface area (Å²) >= 11 is 0. The van der Waals surface area contributed by atoms with Gasteiger partial charge in [-0.25, -0.2) is 0 Å². The Morgan fingerprint density at radius 2 is 1.38 bits per heavy atom. The van der Waals surface area contributed by atoms with Gasteiger partial charge < -0.3 is 0 Å². The molecule has 0 bridgehead atoms. The fourth-order valence-electron chi connectivity index (χ4n) is 6.01. The zero-order valence-corrected chi connectivity index (χ0v) is 28.3. The maximum absolute atomic E-state index is 13.6. The van der Waals surface area contributed by atoms with Crippen LogP contribution in [0, 0.1) is 0 Å². The molecule has 0 aliphatic heterocycles. The number of hydrogen-bond donors (Lipinski definition) is 0. The van der Waals surface area contributed by atoms with E-state index < -0.39 is 11.7 Å². The van der Waals surface area contributed by atoms with Gasteiger partial charge in [0, 0.05) is 25.8 Å². The van der Waals surface area contributed by atoms with Crippen molar-refractivity contribution >= 4 is 16.7 Å². The smallest absolute Gasteiger partial charge is 0.166 e. The van der Waals surface area contributed by atoms with Crippen molar-refractivity contribution < 1.29 is 39.0 Å². The molecule has 0 N–H and O–H groups in total. The van der Waals surface area contributed by atoms with E-state index in [2.05, 4.69) is 91.8 Å². The van der Waals surface area contributed by atoms with Crippen molar-refractivity contribution in [3.63, 3.8) is 0 Å². The first-order chi connectivity index (χ1) is 18.1. The molecule has 4 heteroatoms. The minimum absolute atomic E-state index is 0. The summed E-state index contributed by atoms with van der Waals surface area (Å²) in [4.78, 5) is 0. The fraction of sp³-hybridized carbons (Fsp3) is 0.333. The normalized spacial score (nSPS) is 14.8. The molecule has 2 aliphatic rings. The number of rotatable bonds is 2. The van der Waals surface area contributed by atoms with Crippen molar-refractivity contribution in [2.45, 2.75) is 78.8 Å². The van der Waals surface area contributed by atoms with E-state index in [1.165, 1.54) is 62.2 Å². The summed E-state index contributed by atoms with van der Waals surface area (Å²) in [5, 5.41) is 0. The molecule has 206 valence electrons. The second-order valence-electron chi connectivity index (χ2n) is 13.1. The van der Waals surface area contributed by atoms with Crippen LogP contribution in [0.4, 0.5) is 13.2 Å². The monoisotopic (exact) mass is 706 g/mol. The molecular formula is C36H37F3Hf. The molecule has 0 nitrogen and oxygen atoms in total. The fourth-order valence-corrected chi connectivity index (χ4v) is 6.01. The zero-order chi connectivity index (χ0) is 28.5. The van der Waals surface area contributed by atoms with Crippen LogP contribution >= 0.6 is 0 Å². The molecule has 0 saturated heterocycles. The third kappa shape index (κ3) is 5.29. The maximum Gasteiger partial charge on any atom is 0.416 e. The van der Waals surface area contributed by atoms with E-state index >= 15 is 0 Å². The summed E-state index contributed by atoms with van der Waals surface area (Å²) in [5.41, 5.74) is 12.9. The Kier molecular flexibility index (Phi) is 7.95. The summed E-state index contributed by atoms with van der Waals surface area (Å²) in [6.45, 7) is 17.7. The minimum atomic E-state index is -4.38. The van der Waals surface area contributed by atoms with Crippen LogP contribution < -0.4 is 0 Å². The summed E-state index contributed by atoms with van der Waals surface area (Å²) in [7, 11) is 0. The molecule has 0 unspecified atom stereocenters. The predicted molar refractivity (Wildman–Crippen MR) is 159 cm³/mol. The minimum Gasteiger partial charge on any atom is -0.166 e. The van der Waals surface area contributed by atoms with E-state index in [0.717, 1.165) is 17.2 Å². The second-order valence-corrected chi connectivity index (χ2v) is 13.1. The average Bonchev–Trinajstić information content (AvgIpc) is 3.44. The molecule has 3 aromatic rings. The number of allylic oxidation sites excluding steroid dienone is 5. The van der Waals surface area contributed by atoms with Crippen LogP contribution in [0.5, 0.6) is 0 Å². The van der Waals surface area contributed by atoms with Gasteiger partial charge in [-0.3, -0.25) is 0 Å². The van der Waals surface area contributed by atoms with E-state index in [-0.39, 0.29) is 36.7 Å². The first-order valence-electron chi connectivity index (χ1n) is 13.7. The third-order valence-corrected chi connectivity index (χ3v) is 7.94. The van der Waals surface area contributed by atoms with Crippen molar-refractivity contribution in [3.8, 4) is 11.1 Å². The van der Waals surface area contributed by atoms with Crippen LogP contribution in [-0.4, -0.2) is 0 Å².